The highest BCUT2D eigenvalue weighted by atomic mass is 16.5. The summed E-state index contributed by atoms with van der Waals surface area (Å²) in [4.78, 5) is 24.2. The maximum Gasteiger partial charge on any atom is 0.329 e. The van der Waals surface area contributed by atoms with Crippen molar-refractivity contribution in [3.8, 4) is 0 Å². The summed E-state index contributed by atoms with van der Waals surface area (Å²) >= 11 is 0. The fraction of sp³-hybridized carbons (Fsp3) is 0.800. The van der Waals surface area contributed by atoms with Crippen LogP contribution in [0.1, 0.15) is 27.7 Å². The van der Waals surface area contributed by atoms with E-state index in [1.54, 1.807) is 27.7 Å². The Labute approximate surface area is 89.0 Å². The highest BCUT2D eigenvalue weighted by molar-refractivity contribution is 5.87. The molecule has 0 radical (unpaired) electrons. The SMILES string of the molecule is C[C@@H]1OCN(C(=O)C(C)(C)C)C1C(=O)O. The van der Waals surface area contributed by atoms with Crippen molar-refractivity contribution in [1.29, 1.82) is 0 Å². The minimum Gasteiger partial charge on any atom is -0.480 e. The van der Waals surface area contributed by atoms with Gasteiger partial charge in [-0.1, -0.05) is 20.8 Å². The van der Waals surface area contributed by atoms with Gasteiger partial charge in [0.05, 0.1) is 6.10 Å². The maximum atomic E-state index is 11.9. The van der Waals surface area contributed by atoms with Crippen molar-refractivity contribution in [2.75, 3.05) is 6.73 Å². The molecule has 1 saturated heterocycles. The second kappa shape index (κ2) is 3.81. The standard InChI is InChI=1S/C10H17NO4/c1-6-7(8(12)13)11(5-15-6)9(14)10(2,3)4/h6-7H,5H2,1-4H3,(H,12,13)/t6-,7?/m0/s1. The summed E-state index contributed by atoms with van der Waals surface area (Å²) in [5, 5.41) is 8.99. The lowest BCUT2D eigenvalue weighted by Gasteiger charge is -2.27. The molecule has 5 nitrogen and oxygen atoms in total. The predicted molar refractivity (Wildman–Crippen MR) is 53.1 cm³/mol. The van der Waals surface area contributed by atoms with Crippen molar-refractivity contribution in [2.24, 2.45) is 5.41 Å². The van der Waals surface area contributed by atoms with E-state index in [-0.39, 0.29) is 12.6 Å². The summed E-state index contributed by atoms with van der Waals surface area (Å²) in [7, 11) is 0. The van der Waals surface area contributed by atoms with Crippen molar-refractivity contribution in [1.82, 2.24) is 4.90 Å². The van der Waals surface area contributed by atoms with Gasteiger partial charge in [0.15, 0.2) is 6.04 Å². The highest BCUT2D eigenvalue weighted by Gasteiger charge is 2.43. The Balaban J connectivity index is 2.87. The molecule has 0 aromatic carbocycles. The number of nitrogens with zero attached hydrogens (tertiary/aromatic N) is 1. The van der Waals surface area contributed by atoms with Crippen LogP contribution in [-0.2, 0) is 14.3 Å². The van der Waals surface area contributed by atoms with Crippen molar-refractivity contribution in [3.63, 3.8) is 0 Å². The number of amides is 1. The number of ether oxygens (including phenoxy) is 1. The Kier molecular flexibility index (Phi) is 3.04. The third kappa shape index (κ3) is 2.28. The quantitative estimate of drug-likeness (QED) is 0.698. The van der Waals surface area contributed by atoms with Crippen LogP contribution in [-0.4, -0.2) is 40.8 Å². The van der Waals surface area contributed by atoms with Crippen LogP contribution in [0.3, 0.4) is 0 Å². The lowest BCUT2D eigenvalue weighted by molar-refractivity contribution is -0.152. The van der Waals surface area contributed by atoms with E-state index in [0.717, 1.165) is 0 Å². The summed E-state index contributed by atoms with van der Waals surface area (Å²) in [6.45, 7) is 7.01. The summed E-state index contributed by atoms with van der Waals surface area (Å²) in [6, 6.07) is -0.864. The second-order valence-corrected chi connectivity index (χ2v) is 4.81. The van der Waals surface area contributed by atoms with Gasteiger partial charge in [0.1, 0.15) is 6.73 Å². The Morgan fingerprint density at radius 3 is 2.33 bits per heavy atom. The number of carboxylic acid groups (broad SMARTS) is 1. The molecule has 1 N–H and O–H groups in total. The predicted octanol–water partition coefficient (Wildman–Crippen LogP) is 0.691. The van der Waals surface area contributed by atoms with Gasteiger partial charge in [0.2, 0.25) is 5.91 Å². The minimum atomic E-state index is -1.02. The van der Waals surface area contributed by atoms with E-state index in [4.69, 9.17) is 9.84 Å². The van der Waals surface area contributed by atoms with Crippen LogP contribution in [0.15, 0.2) is 0 Å². The Bertz CT molecular complexity index is 282. The van der Waals surface area contributed by atoms with Crippen LogP contribution >= 0.6 is 0 Å². The molecule has 0 saturated carbocycles. The summed E-state index contributed by atoms with van der Waals surface area (Å²) in [6.07, 6.45) is -0.450. The van der Waals surface area contributed by atoms with Crippen molar-refractivity contribution >= 4 is 11.9 Å². The molecule has 0 aromatic rings. The molecule has 86 valence electrons. The molecule has 0 aromatic heterocycles. The first kappa shape index (κ1) is 12.0. The zero-order valence-corrected chi connectivity index (χ0v) is 9.48. The van der Waals surface area contributed by atoms with Crippen LogP contribution in [0.2, 0.25) is 0 Å². The van der Waals surface area contributed by atoms with E-state index in [0.29, 0.717) is 0 Å². The lowest BCUT2D eigenvalue weighted by Crippen LogP contribution is -2.48. The van der Waals surface area contributed by atoms with Crippen LogP contribution < -0.4 is 0 Å². The van der Waals surface area contributed by atoms with Gasteiger partial charge in [-0.3, -0.25) is 4.79 Å². The van der Waals surface area contributed by atoms with Crippen LogP contribution in [0.4, 0.5) is 0 Å². The zero-order chi connectivity index (χ0) is 11.8. The molecule has 1 unspecified atom stereocenters. The molecule has 1 amide bonds. The van der Waals surface area contributed by atoms with Crippen LogP contribution in [0, 0.1) is 5.41 Å². The number of hydrogen-bond acceptors (Lipinski definition) is 3. The number of aliphatic carboxylic acids is 1. The van der Waals surface area contributed by atoms with Crippen LogP contribution in [0.25, 0.3) is 0 Å². The maximum absolute atomic E-state index is 11.9. The van der Waals surface area contributed by atoms with Crippen molar-refractivity contribution in [2.45, 2.75) is 39.8 Å². The topological polar surface area (TPSA) is 66.8 Å². The van der Waals surface area contributed by atoms with Crippen molar-refractivity contribution < 1.29 is 19.4 Å². The molecule has 15 heavy (non-hydrogen) atoms. The average molecular weight is 215 g/mol. The molecule has 2 atom stereocenters. The van der Waals surface area contributed by atoms with E-state index >= 15 is 0 Å². The normalized spacial score (nSPS) is 26.8. The third-order valence-electron chi connectivity index (χ3n) is 2.41. The number of rotatable bonds is 1. The van der Waals surface area contributed by atoms with E-state index < -0.39 is 23.5 Å². The number of carbonyl (C=O) groups is 2. The molecule has 1 aliphatic rings. The first-order valence-corrected chi connectivity index (χ1v) is 4.90. The molecular formula is C10H17NO4. The van der Waals surface area contributed by atoms with E-state index in [9.17, 15) is 9.59 Å². The van der Waals surface area contributed by atoms with Gasteiger partial charge in [-0.15, -0.1) is 0 Å². The first-order chi connectivity index (χ1) is 6.75. The van der Waals surface area contributed by atoms with Gasteiger partial charge < -0.3 is 14.7 Å². The molecule has 0 aliphatic carbocycles. The molecule has 1 rings (SSSR count). The molecule has 1 heterocycles. The molecule has 1 aliphatic heterocycles. The van der Waals surface area contributed by atoms with Crippen LogP contribution in [0.5, 0.6) is 0 Å². The Morgan fingerprint density at radius 2 is 1.93 bits per heavy atom. The van der Waals surface area contributed by atoms with E-state index in [1.807, 2.05) is 0 Å². The molecule has 1 fully saturated rings. The van der Waals surface area contributed by atoms with Gasteiger partial charge in [-0.05, 0) is 6.92 Å². The fourth-order valence-corrected chi connectivity index (χ4v) is 1.57. The number of carboxylic acids is 1. The largest absolute Gasteiger partial charge is 0.480 e. The molecular weight excluding hydrogens is 198 g/mol. The zero-order valence-electron chi connectivity index (χ0n) is 9.48. The summed E-state index contributed by atoms with van der Waals surface area (Å²) in [5.74, 6) is -1.21. The Morgan fingerprint density at radius 1 is 1.40 bits per heavy atom. The third-order valence-corrected chi connectivity index (χ3v) is 2.41. The van der Waals surface area contributed by atoms with Gasteiger partial charge in [-0.25, -0.2) is 4.79 Å². The average Bonchev–Trinajstić information content (AvgIpc) is 2.43. The second-order valence-electron chi connectivity index (χ2n) is 4.81. The first-order valence-electron chi connectivity index (χ1n) is 4.90. The minimum absolute atomic E-state index is 0.0637. The van der Waals surface area contributed by atoms with Gasteiger partial charge in [-0.2, -0.15) is 0 Å². The van der Waals surface area contributed by atoms with Gasteiger partial charge >= 0.3 is 5.97 Å². The Hall–Kier alpha value is -1.10. The summed E-state index contributed by atoms with van der Waals surface area (Å²) < 4.78 is 5.18. The lowest BCUT2D eigenvalue weighted by atomic mass is 9.94. The van der Waals surface area contributed by atoms with Gasteiger partial charge in [0.25, 0.3) is 0 Å². The smallest absolute Gasteiger partial charge is 0.329 e. The molecule has 0 spiro atoms. The van der Waals surface area contributed by atoms with Gasteiger partial charge in [0, 0.05) is 5.41 Å². The van der Waals surface area contributed by atoms with E-state index in [1.165, 1.54) is 4.90 Å². The highest BCUT2D eigenvalue weighted by Crippen LogP contribution is 2.25. The van der Waals surface area contributed by atoms with E-state index in [2.05, 4.69) is 0 Å². The molecule has 5 heteroatoms. The monoisotopic (exact) mass is 215 g/mol. The number of hydrogen-bond donors (Lipinski definition) is 1. The summed E-state index contributed by atoms with van der Waals surface area (Å²) in [5.41, 5.74) is -0.582. The van der Waals surface area contributed by atoms with Crippen molar-refractivity contribution in [3.05, 3.63) is 0 Å². The molecule has 0 bridgehead atoms. The fourth-order valence-electron chi connectivity index (χ4n) is 1.57. The number of carbonyl (C=O) groups excluding carboxylic acids is 1.